The fourth-order valence-corrected chi connectivity index (χ4v) is 1.54. The van der Waals surface area contributed by atoms with Crippen molar-refractivity contribution < 1.29 is 28.1 Å². The summed E-state index contributed by atoms with van der Waals surface area (Å²) in [6, 6.07) is 4.76. The maximum atomic E-state index is 11.9. The second kappa shape index (κ2) is 6.74. The molecule has 19 heavy (non-hydrogen) atoms. The van der Waals surface area contributed by atoms with Crippen LogP contribution in [0.2, 0.25) is 0 Å². The largest absolute Gasteiger partial charge is 0.573 e. The zero-order chi connectivity index (χ0) is 14.5. The first kappa shape index (κ1) is 15.7. The highest BCUT2D eigenvalue weighted by Gasteiger charge is 2.31. The molecule has 0 amide bonds. The van der Waals surface area contributed by atoms with Crippen LogP contribution in [0.15, 0.2) is 24.3 Å². The number of ether oxygens (including phenoxy) is 1. The molecule has 0 aliphatic rings. The van der Waals surface area contributed by atoms with Crippen LogP contribution in [0, 0.1) is 0 Å². The third-order valence-corrected chi connectivity index (χ3v) is 2.51. The molecule has 0 fully saturated rings. The van der Waals surface area contributed by atoms with E-state index in [1.807, 2.05) is 0 Å². The predicted octanol–water partition coefficient (Wildman–Crippen LogP) is 1.59. The molecule has 0 aromatic heterocycles. The Bertz CT molecular complexity index is 381. The minimum atomic E-state index is -4.74. The molecule has 0 bridgehead atoms. The van der Waals surface area contributed by atoms with Gasteiger partial charge in [-0.2, -0.15) is 0 Å². The summed E-state index contributed by atoms with van der Waals surface area (Å²) in [6.45, 7) is 0.521. The van der Waals surface area contributed by atoms with Gasteiger partial charge in [-0.15, -0.1) is 13.2 Å². The van der Waals surface area contributed by atoms with E-state index < -0.39 is 18.6 Å². The Kier molecular flexibility index (Phi) is 5.59. The van der Waals surface area contributed by atoms with Gasteiger partial charge in [0.25, 0.3) is 0 Å². The van der Waals surface area contributed by atoms with Crippen molar-refractivity contribution in [3.63, 3.8) is 0 Å². The first-order chi connectivity index (χ1) is 8.83. The Balaban J connectivity index is 2.65. The first-order valence-electron chi connectivity index (χ1n) is 5.70. The second-order valence-electron chi connectivity index (χ2n) is 4.02. The average Bonchev–Trinajstić information content (AvgIpc) is 2.34. The number of aliphatic hydroxyl groups excluding tert-OH is 2. The van der Waals surface area contributed by atoms with Gasteiger partial charge in [-0.05, 0) is 37.7 Å². The van der Waals surface area contributed by atoms with Crippen molar-refractivity contribution in [1.29, 1.82) is 0 Å². The van der Waals surface area contributed by atoms with Crippen LogP contribution < -0.4 is 10.1 Å². The lowest BCUT2D eigenvalue weighted by molar-refractivity contribution is -0.274. The van der Waals surface area contributed by atoms with Gasteiger partial charge in [0.1, 0.15) is 11.9 Å². The van der Waals surface area contributed by atoms with E-state index in [1.54, 1.807) is 7.05 Å². The molecule has 2 unspecified atom stereocenters. The van der Waals surface area contributed by atoms with Crippen molar-refractivity contribution in [3.05, 3.63) is 29.8 Å². The van der Waals surface area contributed by atoms with Gasteiger partial charge in [0.15, 0.2) is 0 Å². The minimum Gasteiger partial charge on any atom is -0.406 e. The lowest BCUT2D eigenvalue weighted by atomic mass is 10.0. The lowest BCUT2D eigenvalue weighted by Crippen LogP contribution is -2.23. The molecule has 0 aliphatic heterocycles. The van der Waals surface area contributed by atoms with E-state index in [0.29, 0.717) is 18.5 Å². The number of halogens is 3. The number of alkyl halides is 3. The number of hydrogen-bond donors (Lipinski definition) is 3. The monoisotopic (exact) mass is 279 g/mol. The van der Waals surface area contributed by atoms with Gasteiger partial charge in [-0.25, -0.2) is 0 Å². The van der Waals surface area contributed by atoms with Crippen LogP contribution in [-0.2, 0) is 0 Å². The molecule has 1 aromatic carbocycles. The smallest absolute Gasteiger partial charge is 0.406 e. The van der Waals surface area contributed by atoms with Crippen LogP contribution in [-0.4, -0.2) is 36.3 Å². The standard InChI is InChI=1S/C12H16F3NO3/c1-16-7-6-10(17)11(18)8-2-4-9(5-3-8)19-12(13,14)15/h2-5,10-11,16-18H,6-7H2,1H3. The highest BCUT2D eigenvalue weighted by molar-refractivity contribution is 5.29. The Morgan fingerprint density at radius 1 is 1.21 bits per heavy atom. The van der Waals surface area contributed by atoms with Crippen molar-refractivity contribution in [2.24, 2.45) is 0 Å². The van der Waals surface area contributed by atoms with E-state index in [4.69, 9.17) is 0 Å². The van der Waals surface area contributed by atoms with E-state index in [2.05, 4.69) is 10.1 Å². The minimum absolute atomic E-state index is 0.332. The summed E-state index contributed by atoms with van der Waals surface area (Å²) in [5, 5.41) is 22.3. The molecule has 0 saturated carbocycles. The lowest BCUT2D eigenvalue weighted by Gasteiger charge is -2.18. The maximum Gasteiger partial charge on any atom is 0.573 e. The molecule has 0 saturated heterocycles. The topological polar surface area (TPSA) is 61.7 Å². The fourth-order valence-electron chi connectivity index (χ4n) is 1.54. The number of nitrogens with one attached hydrogen (secondary N) is 1. The number of aliphatic hydroxyl groups is 2. The van der Waals surface area contributed by atoms with Gasteiger partial charge in [-0.1, -0.05) is 12.1 Å². The summed E-state index contributed by atoms with van der Waals surface area (Å²) >= 11 is 0. The molecule has 1 rings (SSSR count). The maximum absolute atomic E-state index is 11.9. The molecular formula is C12H16F3NO3. The number of benzene rings is 1. The van der Waals surface area contributed by atoms with Crippen LogP contribution in [0.5, 0.6) is 5.75 Å². The highest BCUT2D eigenvalue weighted by Crippen LogP contribution is 2.25. The molecule has 1 aromatic rings. The summed E-state index contributed by atoms with van der Waals surface area (Å²) in [4.78, 5) is 0. The third kappa shape index (κ3) is 5.46. The molecule has 4 nitrogen and oxygen atoms in total. The zero-order valence-electron chi connectivity index (χ0n) is 10.3. The van der Waals surface area contributed by atoms with Gasteiger partial charge in [0.2, 0.25) is 0 Å². The molecule has 2 atom stereocenters. The molecule has 0 radical (unpaired) electrons. The van der Waals surface area contributed by atoms with Crippen molar-refractivity contribution in [3.8, 4) is 5.75 Å². The summed E-state index contributed by atoms with van der Waals surface area (Å²) in [7, 11) is 1.71. The highest BCUT2D eigenvalue weighted by atomic mass is 19.4. The quantitative estimate of drug-likeness (QED) is 0.740. The van der Waals surface area contributed by atoms with Crippen molar-refractivity contribution in [2.45, 2.75) is 25.0 Å². The van der Waals surface area contributed by atoms with E-state index in [1.165, 1.54) is 12.1 Å². The molecule has 0 aliphatic carbocycles. The van der Waals surface area contributed by atoms with Crippen LogP contribution in [0.3, 0.4) is 0 Å². The predicted molar refractivity (Wildman–Crippen MR) is 62.6 cm³/mol. The average molecular weight is 279 g/mol. The Morgan fingerprint density at radius 3 is 2.26 bits per heavy atom. The van der Waals surface area contributed by atoms with Gasteiger partial charge in [0, 0.05) is 0 Å². The van der Waals surface area contributed by atoms with Gasteiger partial charge in [0.05, 0.1) is 6.10 Å². The van der Waals surface area contributed by atoms with Gasteiger partial charge in [-0.3, -0.25) is 0 Å². The van der Waals surface area contributed by atoms with Crippen LogP contribution in [0.4, 0.5) is 13.2 Å². The van der Waals surface area contributed by atoms with Crippen LogP contribution in [0.25, 0.3) is 0 Å². The number of hydrogen-bond acceptors (Lipinski definition) is 4. The number of rotatable bonds is 6. The van der Waals surface area contributed by atoms with E-state index in [0.717, 1.165) is 12.1 Å². The normalized spacial score (nSPS) is 15.1. The van der Waals surface area contributed by atoms with Crippen molar-refractivity contribution in [1.82, 2.24) is 5.32 Å². The molecule has 3 N–H and O–H groups in total. The summed E-state index contributed by atoms with van der Waals surface area (Å²) in [5.74, 6) is -0.367. The van der Waals surface area contributed by atoms with Gasteiger partial charge < -0.3 is 20.3 Å². The SMILES string of the molecule is CNCCC(O)C(O)c1ccc(OC(F)(F)F)cc1. The van der Waals surface area contributed by atoms with E-state index >= 15 is 0 Å². The fraction of sp³-hybridized carbons (Fsp3) is 0.500. The van der Waals surface area contributed by atoms with E-state index in [9.17, 15) is 23.4 Å². The Hall–Kier alpha value is -1.31. The molecule has 0 heterocycles. The summed E-state index contributed by atoms with van der Waals surface area (Å²) in [5.41, 5.74) is 0.332. The van der Waals surface area contributed by atoms with E-state index in [-0.39, 0.29) is 5.75 Å². The van der Waals surface area contributed by atoms with Crippen LogP contribution >= 0.6 is 0 Å². The third-order valence-electron chi connectivity index (χ3n) is 2.51. The molecule has 108 valence electrons. The van der Waals surface area contributed by atoms with Crippen molar-refractivity contribution >= 4 is 0 Å². The second-order valence-corrected chi connectivity index (χ2v) is 4.02. The van der Waals surface area contributed by atoms with Crippen LogP contribution in [0.1, 0.15) is 18.1 Å². The molecule has 0 spiro atoms. The summed E-state index contributed by atoms with van der Waals surface area (Å²) in [6.07, 6.45) is -6.54. The molecular weight excluding hydrogens is 263 g/mol. The zero-order valence-corrected chi connectivity index (χ0v) is 10.3. The molecule has 7 heteroatoms. The van der Waals surface area contributed by atoms with Crippen molar-refractivity contribution in [2.75, 3.05) is 13.6 Å². The Labute approximate surface area is 108 Å². The summed E-state index contributed by atoms with van der Waals surface area (Å²) < 4.78 is 39.6. The Morgan fingerprint density at radius 2 is 1.79 bits per heavy atom. The first-order valence-corrected chi connectivity index (χ1v) is 5.70. The van der Waals surface area contributed by atoms with Gasteiger partial charge >= 0.3 is 6.36 Å².